The Kier molecular flexibility index (Phi) is 3.83. The molecule has 6 nitrogen and oxygen atoms in total. The van der Waals surface area contributed by atoms with Crippen LogP contribution in [0.4, 0.5) is 5.13 Å². The summed E-state index contributed by atoms with van der Waals surface area (Å²) in [5.74, 6) is 0.0201. The molecule has 3 heterocycles. The zero-order valence-corrected chi connectivity index (χ0v) is 13.4. The number of amidine groups is 1. The standard InChI is InChI=1S/C14H15N5OS2/c20-11-12(19-7-5-15-6-8-19)22-14(17-11)18-13-16-9-3-1-2-4-10(9)21-13/h1-4,12,15H,5-8H2,(H,16,17,18,20). The molecule has 0 saturated carbocycles. The van der Waals surface area contributed by atoms with Crippen LogP contribution in [0.3, 0.4) is 0 Å². The average Bonchev–Trinajstić information content (AvgIpc) is 3.11. The van der Waals surface area contributed by atoms with Crippen LogP contribution in [0.1, 0.15) is 0 Å². The average molecular weight is 333 g/mol. The molecule has 2 aromatic rings. The van der Waals surface area contributed by atoms with Gasteiger partial charge < -0.3 is 10.6 Å². The third-order valence-corrected chi connectivity index (χ3v) is 5.72. The highest BCUT2D eigenvalue weighted by molar-refractivity contribution is 8.15. The normalized spacial score (nSPS) is 25.0. The Morgan fingerprint density at radius 1 is 1.27 bits per heavy atom. The maximum absolute atomic E-state index is 12.2. The highest BCUT2D eigenvalue weighted by Crippen LogP contribution is 2.30. The second-order valence-electron chi connectivity index (χ2n) is 5.13. The molecular formula is C14H15N5OS2. The number of carbonyl (C=O) groups is 1. The molecule has 1 amide bonds. The number of aliphatic imine (C=N–C) groups is 1. The Hall–Kier alpha value is -1.48. The third-order valence-electron chi connectivity index (χ3n) is 3.64. The lowest BCUT2D eigenvalue weighted by molar-refractivity contribution is -0.121. The number of hydrogen-bond donors (Lipinski definition) is 2. The van der Waals surface area contributed by atoms with Gasteiger partial charge in [-0.3, -0.25) is 9.69 Å². The van der Waals surface area contributed by atoms with E-state index in [-0.39, 0.29) is 11.3 Å². The number of amides is 1. The highest BCUT2D eigenvalue weighted by atomic mass is 32.2. The van der Waals surface area contributed by atoms with Gasteiger partial charge in [0.1, 0.15) is 5.37 Å². The summed E-state index contributed by atoms with van der Waals surface area (Å²) in [5, 5.41) is 7.33. The van der Waals surface area contributed by atoms with Crippen molar-refractivity contribution in [3.63, 3.8) is 0 Å². The molecule has 0 bridgehead atoms. The number of thiazole rings is 1. The first-order chi connectivity index (χ1) is 10.8. The van der Waals surface area contributed by atoms with Gasteiger partial charge >= 0.3 is 0 Å². The number of aromatic nitrogens is 1. The van der Waals surface area contributed by atoms with Crippen molar-refractivity contribution in [1.29, 1.82) is 0 Å². The molecule has 1 aromatic heterocycles. The Morgan fingerprint density at radius 3 is 2.91 bits per heavy atom. The second-order valence-corrected chi connectivity index (χ2v) is 7.20. The maximum Gasteiger partial charge on any atom is 0.254 e. The number of nitrogens with one attached hydrogen (secondary N) is 2. The van der Waals surface area contributed by atoms with Gasteiger partial charge in [-0.2, -0.15) is 4.99 Å². The van der Waals surface area contributed by atoms with Crippen LogP contribution in [0.2, 0.25) is 0 Å². The Morgan fingerprint density at radius 2 is 2.09 bits per heavy atom. The molecule has 1 aromatic carbocycles. The van der Waals surface area contributed by atoms with E-state index in [1.165, 1.54) is 23.1 Å². The van der Waals surface area contributed by atoms with Gasteiger partial charge in [-0.05, 0) is 12.1 Å². The fourth-order valence-electron chi connectivity index (χ4n) is 2.56. The summed E-state index contributed by atoms with van der Waals surface area (Å²) < 4.78 is 1.11. The molecule has 0 aliphatic carbocycles. The van der Waals surface area contributed by atoms with Crippen molar-refractivity contribution in [1.82, 2.24) is 20.5 Å². The molecule has 2 aliphatic heterocycles. The molecule has 8 heteroatoms. The maximum atomic E-state index is 12.2. The molecular weight excluding hydrogens is 318 g/mol. The highest BCUT2D eigenvalue weighted by Gasteiger charge is 2.35. The lowest BCUT2D eigenvalue weighted by Gasteiger charge is -2.29. The van der Waals surface area contributed by atoms with Crippen molar-refractivity contribution in [3.8, 4) is 0 Å². The number of thioether (sulfide) groups is 1. The Balaban J connectivity index is 1.54. The minimum Gasteiger partial charge on any atom is -0.314 e. The van der Waals surface area contributed by atoms with Gasteiger partial charge in [0, 0.05) is 26.2 Å². The summed E-state index contributed by atoms with van der Waals surface area (Å²) in [6.45, 7) is 3.63. The SMILES string of the molecule is O=C1NC(=Nc2nc3ccccc3s2)SC1N1CCNCC1. The monoisotopic (exact) mass is 333 g/mol. The largest absolute Gasteiger partial charge is 0.314 e. The fourth-order valence-corrected chi connectivity index (χ4v) is 4.50. The topological polar surface area (TPSA) is 69.6 Å². The van der Waals surface area contributed by atoms with Crippen LogP contribution >= 0.6 is 23.1 Å². The summed E-state index contributed by atoms with van der Waals surface area (Å²) >= 11 is 3.02. The van der Waals surface area contributed by atoms with Gasteiger partial charge in [-0.15, -0.1) is 0 Å². The van der Waals surface area contributed by atoms with Crippen LogP contribution in [0.25, 0.3) is 10.2 Å². The van der Waals surface area contributed by atoms with E-state index in [0.717, 1.165) is 36.4 Å². The van der Waals surface area contributed by atoms with Crippen LogP contribution in [0.15, 0.2) is 29.3 Å². The third kappa shape index (κ3) is 2.74. The molecule has 22 heavy (non-hydrogen) atoms. The van der Waals surface area contributed by atoms with E-state index in [0.29, 0.717) is 10.3 Å². The number of carbonyl (C=O) groups excluding carboxylic acids is 1. The quantitative estimate of drug-likeness (QED) is 0.869. The van der Waals surface area contributed by atoms with Crippen LogP contribution in [0.5, 0.6) is 0 Å². The van der Waals surface area contributed by atoms with Gasteiger partial charge in [-0.25, -0.2) is 4.98 Å². The van der Waals surface area contributed by atoms with Crippen molar-refractivity contribution < 1.29 is 4.79 Å². The van der Waals surface area contributed by atoms with Crippen LogP contribution in [-0.2, 0) is 4.79 Å². The van der Waals surface area contributed by atoms with Gasteiger partial charge in [0.25, 0.3) is 5.91 Å². The molecule has 2 saturated heterocycles. The van der Waals surface area contributed by atoms with E-state index in [1.54, 1.807) is 0 Å². The van der Waals surface area contributed by atoms with Gasteiger partial charge in [-0.1, -0.05) is 35.2 Å². The number of benzene rings is 1. The van der Waals surface area contributed by atoms with Crippen molar-refractivity contribution in [3.05, 3.63) is 24.3 Å². The van der Waals surface area contributed by atoms with Crippen molar-refractivity contribution in [2.24, 2.45) is 4.99 Å². The Labute approximate surface area is 136 Å². The Bertz CT molecular complexity index is 705. The number of fused-ring (bicyclic) bond motifs is 1. The molecule has 2 N–H and O–H groups in total. The first-order valence-corrected chi connectivity index (χ1v) is 8.86. The first-order valence-electron chi connectivity index (χ1n) is 7.16. The van der Waals surface area contributed by atoms with Gasteiger partial charge in [0.2, 0.25) is 5.13 Å². The van der Waals surface area contributed by atoms with Crippen molar-refractivity contribution in [2.75, 3.05) is 26.2 Å². The van der Waals surface area contributed by atoms with E-state index in [9.17, 15) is 4.79 Å². The van der Waals surface area contributed by atoms with Crippen molar-refractivity contribution in [2.45, 2.75) is 5.37 Å². The minimum absolute atomic E-state index is 0.0201. The number of piperazine rings is 1. The number of hydrogen-bond acceptors (Lipinski definition) is 7. The van der Waals surface area contributed by atoms with Gasteiger partial charge in [0.15, 0.2) is 5.17 Å². The predicted octanol–water partition coefficient (Wildman–Crippen LogP) is 1.38. The molecule has 0 spiro atoms. The van der Waals surface area contributed by atoms with Crippen LogP contribution in [0, 0.1) is 0 Å². The van der Waals surface area contributed by atoms with E-state index >= 15 is 0 Å². The smallest absolute Gasteiger partial charge is 0.254 e. The van der Waals surface area contributed by atoms with E-state index in [2.05, 4.69) is 25.5 Å². The lowest BCUT2D eigenvalue weighted by atomic mass is 10.3. The van der Waals surface area contributed by atoms with E-state index < -0.39 is 0 Å². The molecule has 1 atom stereocenters. The number of nitrogens with zero attached hydrogens (tertiary/aromatic N) is 3. The molecule has 1 unspecified atom stereocenters. The fraction of sp³-hybridized carbons (Fsp3) is 0.357. The molecule has 0 radical (unpaired) electrons. The molecule has 2 fully saturated rings. The number of rotatable bonds is 2. The second kappa shape index (κ2) is 5.96. The van der Waals surface area contributed by atoms with Crippen LogP contribution < -0.4 is 10.6 Å². The summed E-state index contributed by atoms with van der Waals surface area (Å²) in [7, 11) is 0. The van der Waals surface area contributed by atoms with Crippen molar-refractivity contribution >= 4 is 49.5 Å². The minimum atomic E-state index is -0.171. The lowest BCUT2D eigenvalue weighted by Crippen LogP contribution is -2.49. The number of para-hydroxylation sites is 1. The molecule has 4 rings (SSSR count). The van der Waals surface area contributed by atoms with E-state index in [4.69, 9.17) is 0 Å². The zero-order chi connectivity index (χ0) is 14.9. The predicted molar refractivity (Wildman–Crippen MR) is 90.7 cm³/mol. The zero-order valence-electron chi connectivity index (χ0n) is 11.8. The summed E-state index contributed by atoms with van der Waals surface area (Å²) in [6.07, 6.45) is 0. The first kappa shape index (κ1) is 14.1. The summed E-state index contributed by atoms with van der Waals surface area (Å²) in [4.78, 5) is 23.3. The molecule has 114 valence electrons. The van der Waals surface area contributed by atoms with Crippen LogP contribution in [-0.4, -0.2) is 52.5 Å². The summed E-state index contributed by atoms with van der Waals surface area (Å²) in [5.41, 5.74) is 0.944. The van der Waals surface area contributed by atoms with Gasteiger partial charge in [0.05, 0.1) is 10.2 Å². The summed E-state index contributed by atoms with van der Waals surface area (Å²) in [6, 6.07) is 7.95. The molecule has 2 aliphatic rings. The van der Waals surface area contributed by atoms with E-state index in [1.807, 2.05) is 24.3 Å².